The van der Waals surface area contributed by atoms with E-state index >= 15 is 0 Å². The molecule has 0 fully saturated rings. The predicted octanol–water partition coefficient (Wildman–Crippen LogP) is 22.5. The molecule has 0 radical (unpaired) electrons. The average molecular weight is 1640 g/mol. The van der Waals surface area contributed by atoms with Crippen molar-refractivity contribution in [2.24, 2.45) is 0 Å². The standard InChI is InChI=1S/C23H18N2O4.C21H22N2O2.C20H20N2O2.C19H18N2O2.C18H16N2O2/c1-16-7-9-17(10-8-16)21-13-20(29-25-21)15-27-23(26)18-11-12-22(24-14-18)28-19-5-3-2-4-6-19;1-21(2,3)17-8-6-15(7-9-17)19-13-18(25-23-19)10-11-20(24)16-5-4-12-22-14-16;1-13-9-14(2)20(15(3)10-13)18-11-17(24-22-18)6-7-19(23)16-5-4-8-21-12-16;1-2-14-5-7-15(8-6-14)18-12-17(23-21-18)9-10-19(22)16-4-3-11-20-13-16;1-13-4-6-14(7-5-13)17-11-16(22-20-17)8-9-18(21)15-3-2-10-19-12-15/h2-14H,15H2,1H3;4-9,12-14H,10-11H2,1-3H3;4-5,8-12H,6-7H2,1-3H3;3-8,11-13H,2,9-10H2,1H3;2-7,10-12H,8-9H2,1H3. The highest BCUT2D eigenvalue weighted by Crippen LogP contribution is 2.32. The van der Waals surface area contributed by atoms with Crippen molar-refractivity contribution in [2.45, 2.75) is 132 Å². The molecule has 0 atom stereocenters. The second-order valence-electron chi connectivity index (χ2n) is 30.3. The van der Waals surface area contributed by atoms with Crippen LogP contribution in [0.4, 0.5) is 0 Å². The van der Waals surface area contributed by atoms with Gasteiger partial charge in [-0.1, -0.05) is 198 Å². The number of benzene rings is 6. The zero-order chi connectivity index (χ0) is 86.5. The first-order chi connectivity index (χ1) is 59.6. The normalized spacial score (nSPS) is 10.8. The molecular weight excluding hydrogens is 1550 g/mol. The third-order valence-corrected chi connectivity index (χ3v) is 19.7. The monoisotopic (exact) mass is 1640 g/mol. The Hall–Kier alpha value is -14.9. The molecule has 123 heavy (non-hydrogen) atoms. The number of aryl methyl sites for hydroxylation is 10. The van der Waals surface area contributed by atoms with Crippen LogP contribution < -0.4 is 4.74 Å². The number of hydrogen-bond donors (Lipinski definition) is 0. The summed E-state index contributed by atoms with van der Waals surface area (Å²) in [5, 5.41) is 20.5. The van der Waals surface area contributed by atoms with E-state index < -0.39 is 5.97 Å². The lowest BCUT2D eigenvalue weighted by Crippen LogP contribution is -2.10. The van der Waals surface area contributed by atoms with Crippen LogP contribution in [-0.4, -0.2) is 79.8 Å². The highest BCUT2D eigenvalue weighted by atomic mass is 16.6. The molecule has 6 aromatic carbocycles. The van der Waals surface area contributed by atoms with Gasteiger partial charge in [0, 0.05) is 194 Å². The number of carbonyl (C=O) groups is 5. The first kappa shape index (κ1) is 87.4. The van der Waals surface area contributed by atoms with Crippen molar-refractivity contribution >= 4 is 29.1 Å². The van der Waals surface area contributed by atoms with Gasteiger partial charge in [-0.15, -0.1) is 0 Å². The fourth-order valence-electron chi connectivity index (χ4n) is 12.9. The molecule has 0 aliphatic carbocycles. The SMILES string of the molecule is CC(C)(C)c1ccc(-c2cc(CCC(=O)c3cccnc3)on2)cc1.CCc1ccc(-c2cc(CCC(=O)c3cccnc3)on2)cc1.Cc1cc(C)c(-c2cc(CCC(=O)c3cccnc3)on2)c(C)c1.Cc1ccc(-c2cc(CCC(=O)c3cccnc3)on2)cc1.Cc1ccc(-c2cc(COC(=O)c3ccc(Oc4ccccc4)nc3)on2)cc1. The topological polar surface area (TPSA) is 298 Å². The van der Waals surface area contributed by atoms with Crippen LogP contribution in [-0.2, 0) is 48.9 Å². The number of aromatic nitrogens is 10. The maximum atomic E-state index is 12.2. The summed E-state index contributed by atoms with van der Waals surface area (Å²) in [6.45, 7) is 19.0. The average Bonchev–Trinajstić information content (AvgIpc) is 1.75. The fourth-order valence-corrected chi connectivity index (χ4v) is 12.9. The minimum absolute atomic E-state index is 0.0139. The zero-order valence-electron chi connectivity index (χ0n) is 70.1. The Labute approximate surface area is 713 Å². The van der Waals surface area contributed by atoms with Gasteiger partial charge in [-0.05, 0) is 135 Å². The summed E-state index contributed by atoms with van der Waals surface area (Å²) in [5.74, 6) is 4.13. The second kappa shape index (κ2) is 43.2. The van der Waals surface area contributed by atoms with Crippen molar-refractivity contribution in [3.8, 4) is 67.9 Å². The van der Waals surface area contributed by atoms with Crippen molar-refractivity contribution in [3.63, 3.8) is 0 Å². The van der Waals surface area contributed by atoms with E-state index in [2.05, 4.69) is 148 Å². The number of rotatable bonds is 27. The molecule has 0 aliphatic rings. The van der Waals surface area contributed by atoms with Crippen LogP contribution in [0.15, 0.2) is 309 Å². The van der Waals surface area contributed by atoms with Gasteiger partial charge in [0.2, 0.25) is 5.88 Å². The molecule has 10 heterocycles. The molecule has 10 aromatic heterocycles. The van der Waals surface area contributed by atoms with E-state index in [1.165, 1.54) is 45.1 Å². The molecule has 0 bridgehead atoms. The van der Waals surface area contributed by atoms with Gasteiger partial charge in [-0.2, -0.15) is 0 Å². The number of esters is 1. The van der Waals surface area contributed by atoms with Crippen LogP contribution in [0.2, 0.25) is 0 Å². The Morgan fingerprint density at radius 1 is 0.350 bits per heavy atom. The van der Waals surface area contributed by atoms with Gasteiger partial charge in [-0.3, -0.25) is 39.1 Å². The van der Waals surface area contributed by atoms with Crippen LogP contribution in [0, 0.1) is 34.6 Å². The Balaban J connectivity index is 0.000000141. The maximum Gasteiger partial charge on any atom is 0.340 e. The van der Waals surface area contributed by atoms with E-state index in [0.29, 0.717) is 114 Å². The van der Waals surface area contributed by atoms with Gasteiger partial charge < -0.3 is 32.1 Å². The van der Waals surface area contributed by atoms with Crippen molar-refractivity contribution in [3.05, 3.63) is 382 Å². The summed E-state index contributed by atoms with van der Waals surface area (Å²) < 4.78 is 37.6. The Kier molecular flexibility index (Phi) is 30.7. The molecule has 0 saturated carbocycles. The predicted molar refractivity (Wildman–Crippen MR) is 469 cm³/mol. The summed E-state index contributed by atoms with van der Waals surface area (Å²) >= 11 is 0. The van der Waals surface area contributed by atoms with Crippen LogP contribution in [0.25, 0.3) is 56.3 Å². The Bertz CT molecular complexity index is 6040. The van der Waals surface area contributed by atoms with E-state index in [4.69, 9.17) is 32.1 Å². The molecule has 22 nitrogen and oxygen atoms in total. The van der Waals surface area contributed by atoms with Gasteiger partial charge in [0.05, 0.1) is 5.56 Å². The van der Waals surface area contributed by atoms with Gasteiger partial charge >= 0.3 is 5.97 Å². The number of ketones is 4. The maximum absolute atomic E-state index is 12.2. The molecule has 620 valence electrons. The molecule has 0 saturated heterocycles. The number of Topliss-reactive ketones (excluding diaryl/α,β-unsaturated/α-hetero) is 4. The third-order valence-electron chi connectivity index (χ3n) is 19.7. The molecule has 0 aliphatic heterocycles. The summed E-state index contributed by atoms with van der Waals surface area (Å²) in [6.07, 6.45) is 19.1. The zero-order valence-corrected chi connectivity index (χ0v) is 70.1. The van der Waals surface area contributed by atoms with E-state index in [9.17, 15) is 24.0 Å². The van der Waals surface area contributed by atoms with Gasteiger partial charge in [-0.25, -0.2) is 9.78 Å². The third kappa shape index (κ3) is 26.0. The first-order valence-electron chi connectivity index (χ1n) is 40.4. The van der Waals surface area contributed by atoms with Crippen molar-refractivity contribution in [1.82, 2.24) is 50.7 Å². The molecule has 0 amide bonds. The summed E-state index contributed by atoms with van der Waals surface area (Å²) in [4.78, 5) is 80.6. The molecule has 0 spiro atoms. The number of ether oxygens (including phenoxy) is 2. The van der Waals surface area contributed by atoms with E-state index in [-0.39, 0.29) is 35.2 Å². The van der Waals surface area contributed by atoms with E-state index in [1.54, 1.807) is 116 Å². The molecule has 22 heteroatoms. The fraction of sp³-hybridized carbons (Fsp3) is 0.198. The number of pyridine rings is 5. The summed E-state index contributed by atoms with van der Waals surface area (Å²) in [6, 6.07) is 73.0. The van der Waals surface area contributed by atoms with Crippen LogP contribution in [0.3, 0.4) is 0 Å². The lowest BCUT2D eigenvalue weighted by Gasteiger charge is -2.18. The molecule has 0 N–H and O–H groups in total. The van der Waals surface area contributed by atoms with Gasteiger partial charge in [0.1, 0.15) is 57.3 Å². The lowest BCUT2D eigenvalue weighted by molar-refractivity contribution is 0.0436. The molecule has 16 aromatic rings. The summed E-state index contributed by atoms with van der Waals surface area (Å²) in [5.41, 5.74) is 20.5. The lowest BCUT2D eigenvalue weighted by atomic mass is 9.86. The minimum Gasteiger partial charge on any atom is -0.454 e. The highest BCUT2D eigenvalue weighted by Gasteiger charge is 2.20. The Morgan fingerprint density at radius 2 is 0.707 bits per heavy atom. The smallest absolute Gasteiger partial charge is 0.340 e. The summed E-state index contributed by atoms with van der Waals surface area (Å²) in [7, 11) is 0. The largest absolute Gasteiger partial charge is 0.454 e. The number of nitrogens with zero attached hydrogens (tertiary/aromatic N) is 10. The van der Waals surface area contributed by atoms with Gasteiger partial charge in [0.15, 0.2) is 35.5 Å². The number of para-hydroxylation sites is 1. The molecule has 16 rings (SSSR count). The number of carbonyl (C=O) groups excluding carboxylic acids is 5. The molecule has 0 unspecified atom stereocenters. The van der Waals surface area contributed by atoms with Crippen molar-refractivity contribution in [1.29, 1.82) is 0 Å². The molecular formula is C101H94N10O12. The van der Waals surface area contributed by atoms with Crippen LogP contribution >= 0.6 is 0 Å². The minimum atomic E-state index is -0.503. The number of hydrogen-bond acceptors (Lipinski definition) is 22. The Morgan fingerprint density at radius 3 is 1.07 bits per heavy atom. The van der Waals surface area contributed by atoms with Crippen molar-refractivity contribution in [2.75, 3.05) is 0 Å². The van der Waals surface area contributed by atoms with Crippen LogP contribution in [0.5, 0.6) is 11.6 Å². The van der Waals surface area contributed by atoms with E-state index in [1.807, 2.05) is 129 Å². The van der Waals surface area contributed by atoms with Gasteiger partial charge in [0.25, 0.3) is 0 Å². The highest BCUT2D eigenvalue weighted by molar-refractivity contribution is 5.97. The second-order valence-corrected chi connectivity index (χ2v) is 30.3. The van der Waals surface area contributed by atoms with Crippen LogP contribution in [0.1, 0.15) is 173 Å². The van der Waals surface area contributed by atoms with E-state index in [0.717, 1.165) is 68.5 Å². The first-order valence-corrected chi connectivity index (χ1v) is 40.4. The van der Waals surface area contributed by atoms with Crippen molar-refractivity contribution < 1.29 is 56.1 Å². The quantitative estimate of drug-likeness (QED) is 0.0341.